The van der Waals surface area contributed by atoms with Crippen molar-refractivity contribution < 1.29 is 0 Å². The molecule has 1 atom stereocenters. The first-order chi connectivity index (χ1) is 7.58. The molecule has 2 N–H and O–H groups in total. The van der Waals surface area contributed by atoms with Crippen LogP contribution in [0.3, 0.4) is 0 Å². The van der Waals surface area contributed by atoms with Gasteiger partial charge in [0.25, 0.3) is 0 Å². The summed E-state index contributed by atoms with van der Waals surface area (Å²) >= 11 is 5.86. The van der Waals surface area contributed by atoms with Crippen LogP contribution in [0.4, 0.5) is 11.5 Å². The molecule has 0 aliphatic carbocycles. The van der Waals surface area contributed by atoms with Gasteiger partial charge in [0.2, 0.25) is 0 Å². The fourth-order valence-corrected chi connectivity index (χ4v) is 2.18. The molecule has 16 heavy (non-hydrogen) atoms. The minimum atomic E-state index is 0.451. The lowest BCUT2D eigenvalue weighted by molar-refractivity contribution is 0.274. The van der Waals surface area contributed by atoms with E-state index in [2.05, 4.69) is 28.8 Å². The van der Waals surface area contributed by atoms with Crippen LogP contribution in [0.15, 0.2) is 12.3 Å². The van der Waals surface area contributed by atoms with Gasteiger partial charge in [0.15, 0.2) is 0 Å². The molecule has 0 spiro atoms. The van der Waals surface area contributed by atoms with Crippen molar-refractivity contribution in [1.82, 2.24) is 9.88 Å². The van der Waals surface area contributed by atoms with Gasteiger partial charge in [0.1, 0.15) is 5.82 Å². The highest BCUT2D eigenvalue weighted by Crippen LogP contribution is 2.24. The number of rotatable bonds is 1. The van der Waals surface area contributed by atoms with Gasteiger partial charge in [-0.2, -0.15) is 0 Å². The maximum Gasteiger partial charge on any atom is 0.130 e. The standard InChI is InChI=1S/C11H17ClN4/c1-8-7-15(2)3-4-16(8)11-5-10(13)9(12)6-14-11/h5-6,8H,3-4,7H2,1-2H3,(H2,13,14)/t8-/m0/s1. The van der Waals surface area contributed by atoms with Crippen LogP contribution in [-0.4, -0.2) is 42.6 Å². The summed E-state index contributed by atoms with van der Waals surface area (Å²) in [5.74, 6) is 0.919. The molecule has 0 amide bonds. The Morgan fingerprint density at radius 1 is 1.50 bits per heavy atom. The van der Waals surface area contributed by atoms with E-state index in [4.69, 9.17) is 17.3 Å². The van der Waals surface area contributed by atoms with Gasteiger partial charge in [0, 0.05) is 37.9 Å². The average Bonchev–Trinajstić information content (AvgIpc) is 2.22. The highest BCUT2D eigenvalue weighted by molar-refractivity contribution is 6.32. The summed E-state index contributed by atoms with van der Waals surface area (Å²) in [6.07, 6.45) is 1.62. The van der Waals surface area contributed by atoms with Crippen LogP contribution in [0.5, 0.6) is 0 Å². The number of hydrogen-bond donors (Lipinski definition) is 1. The number of pyridine rings is 1. The van der Waals surface area contributed by atoms with E-state index >= 15 is 0 Å². The normalized spacial score (nSPS) is 22.4. The van der Waals surface area contributed by atoms with Gasteiger partial charge in [-0.25, -0.2) is 4.98 Å². The fraction of sp³-hybridized carbons (Fsp3) is 0.545. The van der Waals surface area contributed by atoms with E-state index in [1.165, 1.54) is 0 Å². The molecule has 5 heteroatoms. The van der Waals surface area contributed by atoms with Crippen LogP contribution in [0.2, 0.25) is 5.02 Å². The number of likely N-dealkylation sites (N-methyl/N-ethyl adjacent to an activating group) is 1. The molecule has 88 valence electrons. The molecule has 1 aliphatic rings. The molecule has 1 aromatic heterocycles. The molecule has 0 unspecified atom stereocenters. The van der Waals surface area contributed by atoms with E-state index in [-0.39, 0.29) is 0 Å². The van der Waals surface area contributed by atoms with Crippen molar-refractivity contribution in [3.8, 4) is 0 Å². The molecule has 0 aromatic carbocycles. The predicted molar refractivity (Wildman–Crippen MR) is 68.0 cm³/mol. The highest BCUT2D eigenvalue weighted by atomic mass is 35.5. The van der Waals surface area contributed by atoms with Gasteiger partial charge in [-0.3, -0.25) is 0 Å². The molecule has 1 aromatic rings. The maximum atomic E-state index is 5.86. The summed E-state index contributed by atoms with van der Waals surface area (Å²) in [6.45, 7) is 5.27. The number of nitrogens with two attached hydrogens (primary N) is 1. The van der Waals surface area contributed by atoms with Crippen molar-refractivity contribution in [3.63, 3.8) is 0 Å². The van der Waals surface area contributed by atoms with Gasteiger partial charge in [-0.05, 0) is 14.0 Å². The second kappa shape index (κ2) is 4.47. The fourth-order valence-electron chi connectivity index (χ4n) is 2.08. The zero-order valence-corrected chi connectivity index (χ0v) is 10.4. The number of aromatic nitrogens is 1. The third-order valence-electron chi connectivity index (χ3n) is 3.00. The Kier molecular flexibility index (Phi) is 3.21. The summed E-state index contributed by atoms with van der Waals surface area (Å²) in [6, 6.07) is 2.30. The van der Waals surface area contributed by atoms with Crippen molar-refractivity contribution in [2.45, 2.75) is 13.0 Å². The number of nitrogens with zero attached hydrogens (tertiary/aromatic N) is 3. The van der Waals surface area contributed by atoms with E-state index in [1.54, 1.807) is 6.20 Å². The lowest BCUT2D eigenvalue weighted by Gasteiger charge is -2.39. The van der Waals surface area contributed by atoms with Gasteiger partial charge in [-0.15, -0.1) is 0 Å². The molecule has 0 saturated carbocycles. The van der Waals surface area contributed by atoms with Gasteiger partial charge < -0.3 is 15.5 Å². The quantitative estimate of drug-likeness (QED) is 0.807. The minimum Gasteiger partial charge on any atom is -0.397 e. The van der Waals surface area contributed by atoms with Crippen molar-refractivity contribution in [1.29, 1.82) is 0 Å². The Hall–Kier alpha value is -1.00. The van der Waals surface area contributed by atoms with Crippen molar-refractivity contribution in [2.75, 3.05) is 37.3 Å². The Labute approximate surface area is 101 Å². The van der Waals surface area contributed by atoms with E-state index in [0.29, 0.717) is 16.8 Å². The zero-order valence-electron chi connectivity index (χ0n) is 9.65. The SMILES string of the molecule is C[C@H]1CN(C)CCN1c1cc(N)c(Cl)cn1. The van der Waals surface area contributed by atoms with Crippen molar-refractivity contribution >= 4 is 23.1 Å². The molecule has 4 nitrogen and oxygen atoms in total. The highest BCUT2D eigenvalue weighted by Gasteiger charge is 2.22. The zero-order chi connectivity index (χ0) is 11.7. The van der Waals surface area contributed by atoms with Crippen molar-refractivity contribution in [3.05, 3.63) is 17.3 Å². The first-order valence-electron chi connectivity index (χ1n) is 5.44. The number of nitrogen functional groups attached to an aromatic ring is 1. The third kappa shape index (κ3) is 2.23. The van der Waals surface area contributed by atoms with Crippen LogP contribution in [0.25, 0.3) is 0 Å². The first kappa shape index (κ1) is 11.5. The number of halogens is 1. The van der Waals surface area contributed by atoms with Crippen LogP contribution < -0.4 is 10.6 Å². The summed E-state index contributed by atoms with van der Waals surface area (Å²) in [7, 11) is 2.14. The van der Waals surface area contributed by atoms with E-state index < -0.39 is 0 Å². The topological polar surface area (TPSA) is 45.4 Å². The molecule has 0 bridgehead atoms. The number of hydrogen-bond acceptors (Lipinski definition) is 4. The molecule has 1 fully saturated rings. The molecular weight excluding hydrogens is 224 g/mol. The minimum absolute atomic E-state index is 0.451. The Bertz CT molecular complexity index is 382. The largest absolute Gasteiger partial charge is 0.397 e. The Morgan fingerprint density at radius 3 is 2.88 bits per heavy atom. The van der Waals surface area contributed by atoms with Crippen LogP contribution in [0, 0.1) is 0 Å². The second-order valence-electron chi connectivity index (χ2n) is 4.37. The van der Waals surface area contributed by atoms with Crippen LogP contribution in [-0.2, 0) is 0 Å². The Morgan fingerprint density at radius 2 is 2.25 bits per heavy atom. The van der Waals surface area contributed by atoms with Crippen molar-refractivity contribution in [2.24, 2.45) is 0 Å². The number of anilines is 2. The number of piperazine rings is 1. The summed E-state index contributed by atoms with van der Waals surface area (Å²) in [4.78, 5) is 8.92. The lowest BCUT2D eigenvalue weighted by Crippen LogP contribution is -2.50. The smallest absolute Gasteiger partial charge is 0.130 e. The molecule has 2 rings (SSSR count). The van der Waals surface area contributed by atoms with Gasteiger partial charge in [-0.1, -0.05) is 11.6 Å². The van der Waals surface area contributed by atoms with Crippen LogP contribution in [0.1, 0.15) is 6.92 Å². The first-order valence-corrected chi connectivity index (χ1v) is 5.82. The average molecular weight is 241 g/mol. The Balaban J connectivity index is 2.20. The van der Waals surface area contributed by atoms with Crippen LogP contribution >= 0.6 is 11.6 Å². The molecule has 1 saturated heterocycles. The molecule has 2 heterocycles. The third-order valence-corrected chi connectivity index (χ3v) is 3.31. The summed E-state index contributed by atoms with van der Waals surface area (Å²) < 4.78 is 0. The van der Waals surface area contributed by atoms with E-state index in [1.807, 2.05) is 6.07 Å². The monoisotopic (exact) mass is 240 g/mol. The predicted octanol–water partition coefficient (Wildman–Crippen LogP) is 1.46. The van der Waals surface area contributed by atoms with E-state index in [0.717, 1.165) is 25.5 Å². The summed E-state index contributed by atoms with van der Waals surface area (Å²) in [5, 5.41) is 0.519. The molecular formula is C11H17ClN4. The lowest BCUT2D eigenvalue weighted by atomic mass is 10.2. The molecule has 1 aliphatic heterocycles. The molecule has 0 radical (unpaired) electrons. The summed E-state index contributed by atoms with van der Waals surface area (Å²) in [5.41, 5.74) is 6.39. The van der Waals surface area contributed by atoms with Gasteiger partial charge >= 0.3 is 0 Å². The van der Waals surface area contributed by atoms with Gasteiger partial charge in [0.05, 0.1) is 10.7 Å². The van der Waals surface area contributed by atoms with E-state index in [9.17, 15) is 0 Å². The maximum absolute atomic E-state index is 5.86. The second-order valence-corrected chi connectivity index (χ2v) is 4.78.